The van der Waals surface area contributed by atoms with Gasteiger partial charge in [0.15, 0.2) is 12.2 Å². The number of aliphatic hydroxyl groups is 2. The van der Waals surface area contributed by atoms with Gasteiger partial charge in [0.25, 0.3) is 0 Å². The number of carbonyl (C=O) groups is 6. The van der Waals surface area contributed by atoms with Crippen molar-refractivity contribution in [2.24, 2.45) is 0 Å². The Morgan fingerprint density at radius 1 is 0.667 bits per heavy atom. The normalized spacial score (nSPS) is 11.3. The Hall–Kier alpha value is -3.06. The second-order valence-electron chi connectivity index (χ2n) is 3.71. The fourth-order valence-corrected chi connectivity index (χ4v) is 0.484. The highest BCUT2D eigenvalue weighted by atomic mass is 16.4. The van der Waals surface area contributed by atoms with E-state index in [4.69, 9.17) is 35.7 Å². The maximum atomic E-state index is 9.77. The van der Waals surface area contributed by atoms with Gasteiger partial charge in [-0.3, -0.25) is 14.4 Å². The number of aliphatic carboxylic acids is 5. The van der Waals surface area contributed by atoms with Gasteiger partial charge in [0.05, 0.1) is 12.8 Å². The molecule has 0 aromatic rings. The van der Waals surface area contributed by atoms with E-state index >= 15 is 0 Å². The number of Topliss-reactive ketones (excluding diaryl/α,β-unsaturated/α-hetero) is 1. The van der Waals surface area contributed by atoms with E-state index in [1.54, 1.807) is 0 Å². The lowest BCUT2D eigenvalue weighted by molar-refractivity contribution is -0.165. The molecule has 2 atom stereocenters. The topological polar surface area (TPSA) is 244 Å². The van der Waals surface area contributed by atoms with Gasteiger partial charge in [0.2, 0.25) is 5.78 Å². The van der Waals surface area contributed by atoms with E-state index in [9.17, 15) is 28.8 Å². The number of carbonyl (C=O) groups excluding carboxylic acids is 1. The molecule has 0 aliphatic heterocycles. The van der Waals surface area contributed by atoms with Crippen LogP contribution in [0.15, 0.2) is 0 Å². The first-order chi connectivity index (χ1) is 10.7. The Labute approximate surface area is 133 Å². The van der Waals surface area contributed by atoms with Gasteiger partial charge in [-0.05, 0) is 0 Å². The summed E-state index contributed by atoms with van der Waals surface area (Å²) in [5.74, 6) is -7.89. The van der Waals surface area contributed by atoms with Gasteiger partial charge in [-0.25, -0.2) is 14.4 Å². The second kappa shape index (κ2) is 13.6. The zero-order valence-corrected chi connectivity index (χ0v) is 12.1. The molecule has 0 aliphatic carbocycles. The molecule has 0 heterocycles. The van der Waals surface area contributed by atoms with E-state index in [0.29, 0.717) is 0 Å². The van der Waals surface area contributed by atoms with E-state index in [2.05, 4.69) is 0 Å². The van der Waals surface area contributed by atoms with Crippen molar-refractivity contribution in [2.75, 3.05) is 0 Å². The molecular weight excluding hydrogens is 340 g/mol. The Morgan fingerprint density at radius 3 is 0.958 bits per heavy atom. The highest BCUT2D eigenvalue weighted by Gasteiger charge is 2.29. The van der Waals surface area contributed by atoms with Crippen LogP contribution in [-0.4, -0.2) is 83.6 Å². The maximum absolute atomic E-state index is 9.77. The third kappa shape index (κ3) is 18.9. The molecule has 0 bridgehead atoms. The van der Waals surface area contributed by atoms with Crippen molar-refractivity contribution in [3.05, 3.63) is 0 Å². The first kappa shape index (κ1) is 25.9. The summed E-state index contributed by atoms with van der Waals surface area (Å²) in [6.07, 6.45) is -5.13. The molecule has 0 fully saturated rings. The molecular formula is C11H16O13. The smallest absolute Gasteiger partial charge is 0.371 e. The number of hydrogen-bond donors (Lipinski definition) is 7. The first-order valence-corrected chi connectivity index (χ1v) is 5.73. The minimum Gasteiger partial charge on any atom is -0.481 e. The van der Waals surface area contributed by atoms with E-state index < -0.39 is 47.8 Å². The van der Waals surface area contributed by atoms with E-state index in [1.165, 1.54) is 0 Å². The van der Waals surface area contributed by atoms with Gasteiger partial charge < -0.3 is 35.7 Å². The Kier molecular flexibility index (Phi) is 14.7. The molecule has 13 nitrogen and oxygen atoms in total. The van der Waals surface area contributed by atoms with Crippen molar-refractivity contribution in [1.29, 1.82) is 0 Å². The third-order valence-corrected chi connectivity index (χ3v) is 1.66. The van der Waals surface area contributed by atoms with Gasteiger partial charge in [-0.2, -0.15) is 0 Å². The van der Waals surface area contributed by atoms with Crippen LogP contribution in [0.1, 0.15) is 19.8 Å². The number of aliphatic hydroxyl groups excluding tert-OH is 2. The van der Waals surface area contributed by atoms with Crippen molar-refractivity contribution in [2.45, 2.75) is 32.0 Å². The number of carboxylic acids is 5. The summed E-state index contributed by atoms with van der Waals surface area (Å²) in [5, 5.41) is 56.0. The quantitative estimate of drug-likeness (QED) is 0.233. The molecule has 0 spiro atoms. The van der Waals surface area contributed by atoms with Gasteiger partial charge in [0, 0.05) is 6.92 Å². The molecule has 138 valence electrons. The van der Waals surface area contributed by atoms with Crippen LogP contribution in [-0.2, 0) is 28.8 Å². The van der Waals surface area contributed by atoms with E-state index in [0.717, 1.165) is 6.92 Å². The molecule has 0 rings (SSSR count). The summed E-state index contributed by atoms with van der Waals surface area (Å²) >= 11 is 0. The largest absolute Gasteiger partial charge is 0.481 e. The van der Waals surface area contributed by atoms with Gasteiger partial charge in [-0.1, -0.05) is 0 Å². The van der Waals surface area contributed by atoms with Crippen molar-refractivity contribution < 1.29 is 64.5 Å². The fourth-order valence-electron chi connectivity index (χ4n) is 0.484. The lowest BCUT2D eigenvalue weighted by atomic mass is 10.2. The predicted octanol–water partition coefficient (Wildman–Crippen LogP) is -2.53. The van der Waals surface area contributed by atoms with Crippen LogP contribution < -0.4 is 0 Å². The summed E-state index contributed by atoms with van der Waals surface area (Å²) in [5.41, 5.74) is 0. The van der Waals surface area contributed by atoms with Crippen LogP contribution in [0.3, 0.4) is 0 Å². The summed E-state index contributed by atoms with van der Waals surface area (Å²) in [7, 11) is 0. The minimum absolute atomic E-state index is 0.296. The monoisotopic (exact) mass is 356 g/mol. The number of ketones is 1. The van der Waals surface area contributed by atoms with Crippen LogP contribution in [0.4, 0.5) is 0 Å². The SMILES string of the molecule is CC(=O)C(=O)O.O=C(O)C(O)C(O)C(=O)O.O=C(O)CCC(=O)O. The van der Waals surface area contributed by atoms with Crippen LogP contribution in [0, 0.1) is 0 Å². The van der Waals surface area contributed by atoms with Gasteiger partial charge in [0.1, 0.15) is 0 Å². The molecule has 2 unspecified atom stereocenters. The molecule has 0 saturated heterocycles. The number of rotatable bonds is 7. The Morgan fingerprint density at radius 2 is 0.875 bits per heavy atom. The van der Waals surface area contributed by atoms with Crippen LogP contribution in [0.2, 0.25) is 0 Å². The fraction of sp³-hybridized carbons (Fsp3) is 0.455. The van der Waals surface area contributed by atoms with E-state index in [-0.39, 0.29) is 12.8 Å². The maximum Gasteiger partial charge on any atom is 0.371 e. The van der Waals surface area contributed by atoms with Crippen molar-refractivity contribution >= 4 is 35.6 Å². The number of hydrogen-bond acceptors (Lipinski definition) is 8. The lowest BCUT2D eigenvalue weighted by Gasteiger charge is -2.07. The summed E-state index contributed by atoms with van der Waals surface area (Å²) < 4.78 is 0. The van der Waals surface area contributed by atoms with Gasteiger partial charge >= 0.3 is 29.8 Å². The van der Waals surface area contributed by atoms with E-state index in [1.807, 2.05) is 0 Å². The molecule has 0 radical (unpaired) electrons. The van der Waals surface area contributed by atoms with Gasteiger partial charge in [-0.15, -0.1) is 0 Å². The van der Waals surface area contributed by atoms with Crippen molar-refractivity contribution in [3.63, 3.8) is 0 Å². The molecule has 13 heteroatoms. The minimum atomic E-state index is -2.27. The molecule has 24 heavy (non-hydrogen) atoms. The molecule has 7 N–H and O–H groups in total. The molecule has 0 amide bonds. The lowest BCUT2D eigenvalue weighted by Crippen LogP contribution is -2.39. The summed E-state index contributed by atoms with van der Waals surface area (Å²) in [6, 6.07) is 0. The van der Waals surface area contributed by atoms with Crippen LogP contribution in [0.5, 0.6) is 0 Å². The number of carboxylic acid groups (broad SMARTS) is 5. The zero-order chi connectivity index (χ0) is 20.0. The van der Waals surface area contributed by atoms with Crippen LogP contribution >= 0.6 is 0 Å². The molecule has 0 aromatic heterocycles. The molecule has 0 saturated carbocycles. The zero-order valence-electron chi connectivity index (χ0n) is 12.1. The highest BCUT2D eigenvalue weighted by molar-refractivity contribution is 6.31. The summed E-state index contributed by atoms with van der Waals surface area (Å²) in [4.78, 5) is 57.7. The second-order valence-corrected chi connectivity index (χ2v) is 3.71. The average Bonchev–Trinajstić information content (AvgIpc) is 2.44. The Bertz CT molecular complexity index is 436. The highest BCUT2D eigenvalue weighted by Crippen LogP contribution is 1.92. The molecule has 0 aliphatic rings. The predicted molar refractivity (Wildman–Crippen MR) is 70.1 cm³/mol. The average molecular weight is 356 g/mol. The Balaban J connectivity index is -0.000000285. The first-order valence-electron chi connectivity index (χ1n) is 5.73. The summed E-state index contributed by atoms with van der Waals surface area (Å²) in [6.45, 7) is 1.00. The third-order valence-electron chi connectivity index (χ3n) is 1.66. The molecule has 0 aromatic carbocycles. The standard InChI is InChI=1S/C4H6O6.C4H6O4.C3H4O3/c5-1(3(7)8)2(6)4(9)10;5-3(6)1-2-4(7)8;1-2(4)3(5)6/h1-2,5-6H,(H,7,8)(H,9,10);1-2H2,(H,5,6)(H,7,8);1H3,(H,5,6). The van der Waals surface area contributed by atoms with Crippen LogP contribution in [0.25, 0.3) is 0 Å². The van der Waals surface area contributed by atoms with Crippen molar-refractivity contribution in [3.8, 4) is 0 Å². The van der Waals surface area contributed by atoms with Crippen molar-refractivity contribution in [1.82, 2.24) is 0 Å².